The fourth-order valence-electron chi connectivity index (χ4n) is 5.14. The van der Waals surface area contributed by atoms with Crippen LogP contribution in [0, 0.1) is 23.0 Å². The number of H-pyrrole nitrogens is 1. The fraction of sp³-hybridized carbons (Fsp3) is 0.320. The molecular weight excluding hydrogens is 442 g/mol. The summed E-state index contributed by atoms with van der Waals surface area (Å²) < 4.78 is 29.9. The van der Waals surface area contributed by atoms with Gasteiger partial charge in [0.05, 0.1) is 23.3 Å². The van der Waals surface area contributed by atoms with Gasteiger partial charge in [-0.15, -0.1) is 0 Å². The van der Waals surface area contributed by atoms with Crippen molar-refractivity contribution in [1.82, 2.24) is 14.8 Å². The number of carboxylic acid groups (broad SMARTS) is 1. The van der Waals surface area contributed by atoms with Crippen LogP contribution in [0.25, 0.3) is 27.5 Å². The third-order valence-corrected chi connectivity index (χ3v) is 6.86. The number of rotatable bonds is 5. The van der Waals surface area contributed by atoms with Gasteiger partial charge in [0, 0.05) is 40.1 Å². The van der Waals surface area contributed by atoms with Crippen LogP contribution >= 0.6 is 0 Å². The number of aromatic amines is 1. The van der Waals surface area contributed by atoms with E-state index in [1.807, 2.05) is 30.5 Å². The number of carboxylic acids is 1. The zero-order valence-corrected chi connectivity index (χ0v) is 18.6. The minimum absolute atomic E-state index is 0.00979. The number of nitrogens with zero attached hydrogens (tertiary/aromatic N) is 3. The number of halogens is 2. The second kappa shape index (κ2) is 7.37. The van der Waals surface area contributed by atoms with Crippen LogP contribution in [0.3, 0.4) is 0 Å². The van der Waals surface area contributed by atoms with Gasteiger partial charge < -0.3 is 14.8 Å². The summed E-state index contributed by atoms with van der Waals surface area (Å²) in [5, 5.41) is 38.1. The van der Waals surface area contributed by atoms with E-state index in [-0.39, 0.29) is 25.2 Å². The number of hydrogen-bond acceptors (Lipinski definition) is 4. The zero-order valence-electron chi connectivity index (χ0n) is 18.6. The third-order valence-electron chi connectivity index (χ3n) is 6.86. The first-order chi connectivity index (χ1) is 16.1. The number of benzene rings is 2. The Kier molecular flexibility index (Phi) is 4.78. The number of aliphatic carboxylic acids is 1. The molecule has 1 aliphatic carbocycles. The molecule has 0 bridgehead atoms. The average Bonchev–Trinajstić information content (AvgIpc) is 3.33. The van der Waals surface area contributed by atoms with Crippen molar-refractivity contribution in [3.05, 3.63) is 59.4 Å². The highest BCUT2D eigenvalue weighted by atomic mass is 19.2. The summed E-state index contributed by atoms with van der Waals surface area (Å²) in [6.07, 6.45) is 1.81. The maximum Gasteiger partial charge on any atom is 0.335 e. The molecule has 0 radical (unpaired) electrons. The van der Waals surface area contributed by atoms with Gasteiger partial charge in [0.25, 0.3) is 0 Å². The van der Waals surface area contributed by atoms with E-state index < -0.39 is 28.6 Å². The van der Waals surface area contributed by atoms with Crippen LogP contribution in [0.1, 0.15) is 50.3 Å². The van der Waals surface area contributed by atoms with Crippen LogP contribution in [0.4, 0.5) is 8.78 Å². The molecule has 2 heterocycles. The highest BCUT2D eigenvalue weighted by Crippen LogP contribution is 2.52. The average molecular weight is 464 g/mol. The number of nitrogens with one attached hydrogen (secondary N) is 1. The Morgan fingerprint density at radius 2 is 2.03 bits per heavy atom. The smallest absolute Gasteiger partial charge is 0.335 e. The molecule has 34 heavy (non-hydrogen) atoms. The Morgan fingerprint density at radius 3 is 2.68 bits per heavy atom. The molecule has 3 N–H and O–H groups in total. The summed E-state index contributed by atoms with van der Waals surface area (Å²) in [7, 11) is 0. The van der Waals surface area contributed by atoms with E-state index in [1.54, 1.807) is 6.20 Å². The Bertz CT molecular complexity index is 1510. The minimum Gasteiger partial charge on any atom is -0.479 e. The van der Waals surface area contributed by atoms with Crippen molar-refractivity contribution >= 4 is 27.8 Å². The molecule has 0 amide bonds. The van der Waals surface area contributed by atoms with E-state index in [0.717, 1.165) is 34.0 Å². The lowest BCUT2D eigenvalue weighted by Crippen LogP contribution is -2.49. The predicted octanol–water partition coefficient (Wildman–Crippen LogP) is 4.67. The molecular formula is C25H22F2N4O3. The molecule has 0 aliphatic heterocycles. The van der Waals surface area contributed by atoms with Gasteiger partial charge in [-0.3, -0.25) is 5.10 Å². The molecule has 2 aromatic carbocycles. The van der Waals surface area contributed by atoms with Crippen LogP contribution < -0.4 is 0 Å². The second-order valence-corrected chi connectivity index (χ2v) is 9.68. The van der Waals surface area contributed by atoms with Gasteiger partial charge in [-0.1, -0.05) is 13.8 Å². The first kappa shape index (κ1) is 22.0. The van der Waals surface area contributed by atoms with E-state index in [1.165, 1.54) is 6.07 Å². The minimum atomic E-state index is -1.82. The van der Waals surface area contributed by atoms with Crippen LogP contribution in [0.2, 0.25) is 0 Å². The number of aromatic nitrogens is 3. The van der Waals surface area contributed by atoms with Crippen LogP contribution in [-0.2, 0) is 10.2 Å². The monoisotopic (exact) mass is 464 g/mol. The van der Waals surface area contributed by atoms with E-state index in [9.17, 15) is 29.1 Å². The highest BCUT2D eigenvalue weighted by molar-refractivity contribution is 5.99. The second-order valence-electron chi connectivity index (χ2n) is 9.68. The molecule has 9 heteroatoms. The molecule has 1 fully saturated rings. The van der Waals surface area contributed by atoms with Crippen LogP contribution in [0.5, 0.6) is 0 Å². The van der Waals surface area contributed by atoms with E-state index in [2.05, 4.69) is 16.3 Å². The molecule has 1 saturated carbocycles. The highest BCUT2D eigenvalue weighted by Gasteiger charge is 2.51. The third kappa shape index (κ3) is 3.17. The van der Waals surface area contributed by atoms with Gasteiger partial charge in [0.1, 0.15) is 0 Å². The fourth-order valence-corrected chi connectivity index (χ4v) is 5.14. The summed E-state index contributed by atoms with van der Waals surface area (Å²) >= 11 is 0. The lowest BCUT2D eigenvalue weighted by atomic mass is 9.65. The Labute approximate surface area is 193 Å². The molecule has 4 aromatic rings. The number of carbonyl (C=O) groups is 1. The summed E-state index contributed by atoms with van der Waals surface area (Å²) in [6, 6.07) is 9.62. The summed E-state index contributed by atoms with van der Waals surface area (Å²) in [4.78, 5) is 11.6. The molecule has 5 rings (SSSR count). The van der Waals surface area contributed by atoms with Gasteiger partial charge in [-0.2, -0.15) is 10.4 Å². The predicted molar refractivity (Wildman–Crippen MR) is 121 cm³/mol. The van der Waals surface area contributed by atoms with E-state index in [0.29, 0.717) is 16.9 Å². The number of hydrogen-bond donors (Lipinski definition) is 3. The molecule has 0 spiro atoms. The van der Waals surface area contributed by atoms with Crippen molar-refractivity contribution < 1.29 is 23.8 Å². The Morgan fingerprint density at radius 1 is 1.29 bits per heavy atom. The first-order valence-electron chi connectivity index (χ1n) is 10.9. The topological polar surface area (TPSA) is 115 Å². The molecule has 7 nitrogen and oxygen atoms in total. The normalized spacial score (nSPS) is 20.4. The SMILES string of the molecule is CC(C)(CC#N)c1c(C2CC(O)(C(=O)O)C2)c2cc3[nH]ncc3cc2n1-c1ccc(F)c(F)c1. The molecule has 1 aliphatic rings. The van der Waals surface area contributed by atoms with Gasteiger partial charge >= 0.3 is 5.97 Å². The van der Waals surface area contributed by atoms with Crippen molar-refractivity contribution in [2.75, 3.05) is 0 Å². The standard InChI is InChI=1S/C25H22F2N4O3/c1-24(2,5-6-28)22-21(14-10-25(34,11-14)23(32)33)16-9-19-13(12-29-30-19)7-20(16)31(22)15-3-4-17(26)18(27)8-15/h3-4,7-9,12,14,34H,5,10-11H2,1-2H3,(H,29,30)(H,32,33). The summed E-state index contributed by atoms with van der Waals surface area (Å²) in [5.74, 6) is -3.55. The Hall–Kier alpha value is -3.77. The molecule has 0 atom stereocenters. The van der Waals surface area contributed by atoms with Gasteiger partial charge in [0.2, 0.25) is 0 Å². The summed E-state index contributed by atoms with van der Waals surface area (Å²) in [6.45, 7) is 3.78. The lowest BCUT2D eigenvalue weighted by molar-refractivity contribution is -0.169. The van der Waals surface area contributed by atoms with E-state index >= 15 is 0 Å². The first-order valence-corrected chi connectivity index (χ1v) is 10.9. The Balaban J connectivity index is 1.87. The van der Waals surface area contributed by atoms with E-state index in [4.69, 9.17) is 0 Å². The van der Waals surface area contributed by atoms with Gasteiger partial charge in [-0.05, 0) is 48.6 Å². The van der Waals surface area contributed by atoms with Gasteiger partial charge in [0.15, 0.2) is 17.2 Å². The van der Waals surface area contributed by atoms with Gasteiger partial charge in [-0.25, -0.2) is 13.6 Å². The van der Waals surface area contributed by atoms with Crippen molar-refractivity contribution in [1.29, 1.82) is 5.26 Å². The van der Waals surface area contributed by atoms with Crippen LogP contribution in [0.15, 0.2) is 36.5 Å². The maximum atomic E-state index is 14.3. The molecule has 2 aromatic heterocycles. The number of aliphatic hydroxyl groups is 1. The van der Waals surface area contributed by atoms with Crippen molar-refractivity contribution in [2.45, 2.75) is 50.0 Å². The summed E-state index contributed by atoms with van der Waals surface area (Å²) in [5.41, 5.74) is 0.782. The molecule has 174 valence electrons. The quantitative estimate of drug-likeness (QED) is 0.397. The lowest BCUT2D eigenvalue weighted by Gasteiger charge is -2.42. The number of nitriles is 1. The van der Waals surface area contributed by atoms with Crippen molar-refractivity contribution in [2.24, 2.45) is 0 Å². The molecule has 0 unspecified atom stereocenters. The largest absolute Gasteiger partial charge is 0.479 e. The van der Waals surface area contributed by atoms with Crippen LogP contribution in [-0.4, -0.2) is 36.5 Å². The number of fused-ring (bicyclic) bond motifs is 2. The zero-order chi connectivity index (χ0) is 24.4. The molecule has 0 saturated heterocycles. The van der Waals surface area contributed by atoms with Crippen molar-refractivity contribution in [3.8, 4) is 11.8 Å². The maximum absolute atomic E-state index is 14.3. The van der Waals surface area contributed by atoms with Crippen molar-refractivity contribution in [3.63, 3.8) is 0 Å².